The third-order valence-corrected chi connectivity index (χ3v) is 6.96. The lowest BCUT2D eigenvalue weighted by atomic mass is 9.97. The number of nitrogens with zero attached hydrogens (tertiary/aromatic N) is 2. The van der Waals surface area contributed by atoms with Gasteiger partial charge in [0.05, 0.1) is 4.70 Å². The number of hydrogen-bond donors (Lipinski definition) is 2. The topological polar surface area (TPSA) is 80.5 Å². The smallest absolute Gasteiger partial charge is 0.315 e. The van der Waals surface area contributed by atoms with Gasteiger partial charge in [0.2, 0.25) is 0 Å². The number of para-hydroxylation sites is 1. The van der Waals surface area contributed by atoms with Gasteiger partial charge >= 0.3 is 6.03 Å². The van der Waals surface area contributed by atoms with E-state index >= 15 is 0 Å². The molecule has 2 bridgehead atoms. The van der Waals surface area contributed by atoms with Crippen LogP contribution in [-0.4, -0.2) is 34.0 Å². The van der Waals surface area contributed by atoms with Gasteiger partial charge in [-0.3, -0.25) is 0 Å². The van der Waals surface area contributed by atoms with Crippen molar-refractivity contribution in [2.75, 3.05) is 0 Å². The molecule has 156 valence electrons. The Balaban J connectivity index is 1.18. The van der Waals surface area contributed by atoms with Crippen LogP contribution in [0.5, 0.6) is 10.9 Å². The molecule has 0 unspecified atom stereocenters. The number of thiazole rings is 1. The summed E-state index contributed by atoms with van der Waals surface area (Å²) in [5, 5.41) is 4.05. The van der Waals surface area contributed by atoms with Gasteiger partial charge in [0, 0.05) is 24.7 Å². The van der Waals surface area contributed by atoms with Crippen LogP contribution in [0.15, 0.2) is 42.5 Å². The summed E-state index contributed by atoms with van der Waals surface area (Å²) >= 11 is 1.33. The zero-order chi connectivity index (χ0) is 20.7. The SMILES string of the molecule is NC(=O)N1[C@@H]2CC[C@H]1C[C@@H](NCc1ccc(Oc3nc4c(F)cccc4s3)cc1)C2. The van der Waals surface area contributed by atoms with Crippen LogP contribution in [-0.2, 0) is 6.54 Å². The van der Waals surface area contributed by atoms with E-state index < -0.39 is 0 Å². The molecule has 2 aromatic carbocycles. The van der Waals surface area contributed by atoms with Crippen molar-refractivity contribution < 1.29 is 13.9 Å². The molecule has 3 N–H and O–H groups in total. The predicted molar refractivity (Wildman–Crippen MR) is 114 cm³/mol. The van der Waals surface area contributed by atoms with Crippen LogP contribution in [0.1, 0.15) is 31.2 Å². The summed E-state index contributed by atoms with van der Waals surface area (Å²) in [6, 6.07) is 13.4. The quantitative estimate of drug-likeness (QED) is 0.634. The van der Waals surface area contributed by atoms with Crippen LogP contribution in [0.4, 0.5) is 9.18 Å². The van der Waals surface area contributed by atoms with Gasteiger partial charge in [-0.1, -0.05) is 29.5 Å². The third kappa shape index (κ3) is 3.73. The first kappa shape index (κ1) is 19.3. The van der Waals surface area contributed by atoms with Crippen molar-refractivity contribution in [1.82, 2.24) is 15.2 Å². The van der Waals surface area contributed by atoms with Gasteiger partial charge in [-0.2, -0.15) is 4.98 Å². The third-order valence-electron chi connectivity index (χ3n) is 6.06. The lowest BCUT2D eigenvalue weighted by Gasteiger charge is -2.38. The maximum Gasteiger partial charge on any atom is 0.315 e. The number of nitrogens with two attached hydrogens (primary N) is 1. The largest absolute Gasteiger partial charge is 0.431 e. The van der Waals surface area contributed by atoms with Crippen LogP contribution in [0, 0.1) is 5.82 Å². The van der Waals surface area contributed by atoms with Crippen LogP contribution in [0.2, 0.25) is 0 Å². The van der Waals surface area contributed by atoms with E-state index in [0.717, 1.165) is 42.5 Å². The highest BCUT2D eigenvalue weighted by atomic mass is 32.1. The first-order valence-corrected chi connectivity index (χ1v) is 11.0. The summed E-state index contributed by atoms with van der Waals surface area (Å²) in [7, 11) is 0. The molecule has 30 heavy (non-hydrogen) atoms. The Kier molecular flexibility index (Phi) is 5.04. The van der Waals surface area contributed by atoms with Crippen LogP contribution in [0.3, 0.4) is 0 Å². The number of primary amides is 1. The highest BCUT2D eigenvalue weighted by Crippen LogP contribution is 2.36. The van der Waals surface area contributed by atoms with Crippen molar-refractivity contribution in [3.63, 3.8) is 0 Å². The zero-order valence-electron chi connectivity index (χ0n) is 16.4. The fourth-order valence-corrected chi connectivity index (χ4v) is 5.53. The summed E-state index contributed by atoms with van der Waals surface area (Å²) in [6.07, 6.45) is 4.00. The number of rotatable bonds is 5. The lowest BCUT2D eigenvalue weighted by Crippen LogP contribution is -2.53. The van der Waals surface area contributed by atoms with Gasteiger partial charge in [-0.15, -0.1) is 0 Å². The van der Waals surface area contributed by atoms with E-state index in [1.807, 2.05) is 35.2 Å². The molecule has 0 saturated carbocycles. The van der Waals surface area contributed by atoms with Crippen molar-refractivity contribution in [2.45, 2.75) is 50.4 Å². The molecule has 0 radical (unpaired) electrons. The Morgan fingerprint density at radius 3 is 2.60 bits per heavy atom. The molecule has 0 aliphatic carbocycles. The predicted octanol–water partition coefficient (Wildman–Crippen LogP) is 4.39. The van der Waals surface area contributed by atoms with Crippen LogP contribution in [0.25, 0.3) is 10.2 Å². The lowest BCUT2D eigenvalue weighted by molar-refractivity contribution is 0.138. The number of piperidine rings is 1. The van der Waals surface area contributed by atoms with E-state index in [4.69, 9.17) is 10.5 Å². The fourth-order valence-electron chi connectivity index (χ4n) is 4.68. The highest BCUT2D eigenvalue weighted by Gasteiger charge is 2.42. The van der Waals surface area contributed by atoms with E-state index in [1.165, 1.54) is 17.4 Å². The van der Waals surface area contributed by atoms with E-state index in [-0.39, 0.29) is 23.9 Å². The number of aromatic nitrogens is 1. The molecule has 2 aliphatic heterocycles. The summed E-state index contributed by atoms with van der Waals surface area (Å²) in [6.45, 7) is 0.757. The molecule has 2 amide bonds. The maximum atomic E-state index is 13.8. The minimum absolute atomic E-state index is 0.271. The average Bonchev–Trinajstić information content (AvgIpc) is 3.26. The number of halogens is 1. The summed E-state index contributed by atoms with van der Waals surface area (Å²) < 4.78 is 20.4. The van der Waals surface area contributed by atoms with Crippen LogP contribution < -0.4 is 15.8 Å². The second-order valence-electron chi connectivity index (χ2n) is 7.99. The fraction of sp³-hybridized carbons (Fsp3) is 0.364. The number of urea groups is 1. The molecule has 3 atom stereocenters. The molecule has 3 heterocycles. The number of carbonyl (C=O) groups excluding carboxylic acids is 1. The monoisotopic (exact) mass is 426 g/mol. The second kappa shape index (κ2) is 7.85. The Hall–Kier alpha value is -2.71. The maximum absolute atomic E-state index is 13.8. The van der Waals surface area contributed by atoms with Gasteiger partial charge in [0.1, 0.15) is 17.1 Å². The average molecular weight is 427 g/mol. The van der Waals surface area contributed by atoms with Gasteiger partial charge in [0.15, 0.2) is 0 Å². The van der Waals surface area contributed by atoms with Crippen molar-refractivity contribution in [1.29, 1.82) is 0 Å². The molecule has 2 saturated heterocycles. The molecular weight excluding hydrogens is 403 g/mol. The molecule has 8 heteroatoms. The molecule has 1 aromatic heterocycles. The number of benzene rings is 2. The van der Waals surface area contributed by atoms with Crippen molar-refractivity contribution in [3.05, 3.63) is 53.8 Å². The number of fused-ring (bicyclic) bond motifs is 3. The molecule has 3 aromatic rings. The molecular formula is C22H23FN4O2S. The molecule has 5 rings (SSSR count). The molecule has 0 spiro atoms. The van der Waals surface area contributed by atoms with Gasteiger partial charge in [0.25, 0.3) is 5.19 Å². The number of carbonyl (C=O) groups is 1. The van der Waals surface area contributed by atoms with Gasteiger partial charge in [-0.25, -0.2) is 9.18 Å². The number of hydrogen-bond acceptors (Lipinski definition) is 5. The summed E-state index contributed by atoms with van der Waals surface area (Å²) in [5.74, 6) is 0.334. The first-order valence-electron chi connectivity index (χ1n) is 10.2. The number of ether oxygens (including phenoxy) is 1. The standard InChI is InChI=1S/C22H23FN4O2S/c23-18-2-1-3-19-20(18)26-22(30-19)29-17-8-4-13(5-9-17)12-25-14-10-15-6-7-16(11-14)27(15)21(24)28/h1-5,8-9,14-16,25H,6-7,10-12H2,(H2,24,28)/t14-,15+,16-. The summed E-state index contributed by atoms with van der Waals surface area (Å²) in [4.78, 5) is 17.7. The Morgan fingerprint density at radius 1 is 1.20 bits per heavy atom. The van der Waals surface area contributed by atoms with E-state index in [1.54, 1.807) is 6.07 Å². The van der Waals surface area contributed by atoms with E-state index in [0.29, 0.717) is 22.5 Å². The van der Waals surface area contributed by atoms with Gasteiger partial charge < -0.3 is 20.7 Å². The van der Waals surface area contributed by atoms with Crippen molar-refractivity contribution in [3.8, 4) is 10.9 Å². The minimum Gasteiger partial charge on any atom is -0.431 e. The first-order chi connectivity index (χ1) is 14.6. The highest BCUT2D eigenvalue weighted by molar-refractivity contribution is 7.20. The Morgan fingerprint density at radius 2 is 1.93 bits per heavy atom. The second-order valence-corrected chi connectivity index (χ2v) is 8.99. The molecule has 2 aliphatic rings. The van der Waals surface area contributed by atoms with Gasteiger partial charge in [-0.05, 0) is 55.5 Å². The summed E-state index contributed by atoms with van der Waals surface area (Å²) in [5.41, 5.74) is 7.03. The normalized spacial score (nSPS) is 23.1. The molecule has 6 nitrogen and oxygen atoms in total. The van der Waals surface area contributed by atoms with E-state index in [2.05, 4.69) is 10.3 Å². The molecule has 2 fully saturated rings. The van der Waals surface area contributed by atoms with Crippen molar-refractivity contribution in [2.24, 2.45) is 5.73 Å². The van der Waals surface area contributed by atoms with E-state index in [9.17, 15) is 9.18 Å². The van der Waals surface area contributed by atoms with Crippen molar-refractivity contribution >= 4 is 27.6 Å². The minimum atomic E-state index is -0.338. The Bertz CT molecular complexity index is 1060. The Labute approximate surface area is 177 Å². The van der Waals surface area contributed by atoms with Crippen LogP contribution >= 0.6 is 11.3 Å². The number of amides is 2. The zero-order valence-corrected chi connectivity index (χ0v) is 17.2. The number of nitrogens with one attached hydrogen (secondary N) is 1.